The van der Waals surface area contributed by atoms with E-state index < -0.39 is 5.82 Å². The Labute approximate surface area is 174 Å². The first kappa shape index (κ1) is 20.8. The molecular weight excluding hydrogens is 387 g/mol. The summed E-state index contributed by atoms with van der Waals surface area (Å²) in [6.45, 7) is 2.39. The van der Waals surface area contributed by atoms with Crippen LogP contribution in [0, 0.1) is 17.7 Å². The average molecular weight is 411 g/mol. The maximum atomic E-state index is 14.7. The van der Waals surface area contributed by atoms with E-state index in [1.165, 1.54) is 11.3 Å². The molecule has 150 valence electrons. The van der Waals surface area contributed by atoms with E-state index in [9.17, 15) is 9.18 Å². The van der Waals surface area contributed by atoms with E-state index in [-0.39, 0.29) is 18.2 Å². The van der Waals surface area contributed by atoms with Crippen molar-refractivity contribution in [3.05, 3.63) is 58.9 Å². The van der Waals surface area contributed by atoms with Gasteiger partial charge in [0.15, 0.2) is 11.6 Å². The minimum Gasteiger partial charge on any atom is -0.491 e. The number of rotatable bonds is 9. The van der Waals surface area contributed by atoms with Gasteiger partial charge in [-0.3, -0.25) is 4.79 Å². The van der Waals surface area contributed by atoms with Gasteiger partial charge in [0.05, 0.1) is 22.3 Å². The molecule has 0 radical (unpaired) electrons. The Morgan fingerprint density at radius 3 is 3.00 bits per heavy atom. The van der Waals surface area contributed by atoms with Crippen molar-refractivity contribution < 1.29 is 13.9 Å². The third kappa shape index (κ3) is 5.78. The first-order valence-corrected chi connectivity index (χ1v) is 10.5. The molecule has 0 saturated carbocycles. The quantitative estimate of drug-likeness (QED) is 0.383. The molecule has 0 saturated heterocycles. The number of hydrogen-bond acceptors (Lipinski definition) is 4. The van der Waals surface area contributed by atoms with E-state index in [0.717, 1.165) is 35.9 Å². The molecule has 1 amide bonds. The monoisotopic (exact) mass is 410 g/mol. The number of amides is 1. The molecule has 1 heterocycles. The largest absolute Gasteiger partial charge is 0.491 e. The van der Waals surface area contributed by atoms with Gasteiger partial charge in [0.2, 0.25) is 0 Å². The number of halogens is 1. The van der Waals surface area contributed by atoms with Crippen LogP contribution in [-0.4, -0.2) is 17.5 Å². The zero-order valence-corrected chi connectivity index (χ0v) is 17.2. The highest BCUT2D eigenvalue weighted by molar-refractivity contribution is 7.16. The summed E-state index contributed by atoms with van der Waals surface area (Å²) in [5, 5.41) is 2.77. The van der Waals surface area contributed by atoms with E-state index in [2.05, 4.69) is 22.1 Å². The molecule has 6 heteroatoms. The van der Waals surface area contributed by atoms with Crippen molar-refractivity contribution in [2.75, 3.05) is 6.61 Å². The summed E-state index contributed by atoms with van der Waals surface area (Å²) in [6.07, 6.45) is 3.75. The van der Waals surface area contributed by atoms with Gasteiger partial charge in [-0.2, -0.15) is 0 Å². The van der Waals surface area contributed by atoms with Gasteiger partial charge in [-0.1, -0.05) is 12.1 Å². The van der Waals surface area contributed by atoms with Crippen molar-refractivity contribution in [3.8, 4) is 17.6 Å². The maximum absolute atomic E-state index is 14.7. The van der Waals surface area contributed by atoms with E-state index >= 15 is 0 Å². The second-order valence-electron chi connectivity index (χ2n) is 6.53. The van der Waals surface area contributed by atoms with Crippen LogP contribution in [0.5, 0.6) is 5.75 Å². The Balaban J connectivity index is 1.52. The summed E-state index contributed by atoms with van der Waals surface area (Å²) in [5.41, 5.74) is 3.53. The number of ether oxygens (including phenoxy) is 1. The fourth-order valence-corrected chi connectivity index (χ4v) is 3.59. The van der Waals surface area contributed by atoms with Crippen molar-refractivity contribution in [2.24, 2.45) is 0 Å². The molecule has 29 heavy (non-hydrogen) atoms. The molecule has 3 aromatic rings. The van der Waals surface area contributed by atoms with Crippen LogP contribution in [0.1, 0.15) is 48.5 Å². The lowest BCUT2D eigenvalue weighted by atomic mass is 10.1. The fraction of sp³-hybridized carbons (Fsp3) is 0.304. The second kappa shape index (κ2) is 10.6. The molecule has 0 unspecified atom stereocenters. The lowest BCUT2D eigenvalue weighted by molar-refractivity contribution is 0.0950. The first-order valence-electron chi connectivity index (χ1n) is 9.60. The average Bonchev–Trinajstić information content (AvgIpc) is 3.21. The smallest absolute Gasteiger partial charge is 0.251 e. The number of fused-ring (bicyclic) bond motifs is 1. The zero-order valence-electron chi connectivity index (χ0n) is 16.3. The number of hydrogen-bond donors (Lipinski definition) is 1. The van der Waals surface area contributed by atoms with Crippen LogP contribution in [0.25, 0.3) is 10.2 Å². The molecule has 1 N–H and O–H groups in total. The Morgan fingerprint density at radius 2 is 2.14 bits per heavy atom. The Bertz CT molecular complexity index is 1040. The van der Waals surface area contributed by atoms with Crippen LogP contribution in [0.3, 0.4) is 0 Å². The minimum absolute atomic E-state index is 0.0955. The minimum atomic E-state index is -0.428. The van der Waals surface area contributed by atoms with Crippen molar-refractivity contribution in [3.63, 3.8) is 0 Å². The lowest BCUT2D eigenvalue weighted by Gasteiger charge is -2.11. The number of carbonyl (C=O) groups is 1. The van der Waals surface area contributed by atoms with Crippen molar-refractivity contribution in [1.82, 2.24) is 10.3 Å². The Kier molecular flexibility index (Phi) is 7.60. The normalized spacial score (nSPS) is 10.4. The van der Waals surface area contributed by atoms with Gasteiger partial charge >= 0.3 is 0 Å². The van der Waals surface area contributed by atoms with E-state index in [4.69, 9.17) is 4.74 Å². The number of unbranched alkanes of at least 4 members (excludes halogenated alkanes) is 3. The number of nitrogens with one attached hydrogen (secondary N) is 1. The highest BCUT2D eigenvalue weighted by Crippen LogP contribution is 2.22. The number of nitrogens with zero attached hydrogens (tertiary/aromatic N) is 1. The number of aromatic nitrogens is 1. The fourth-order valence-electron chi connectivity index (χ4n) is 2.88. The number of thiazole rings is 1. The molecule has 1 aromatic heterocycles. The molecule has 0 aliphatic carbocycles. The summed E-state index contributed by atoms with van der Waals surface area (Å²) in [5.74, 6) is 5.44. The maximum Gasteiger partial charge on any atom is 0.251 e. The number of carbonyl (C=O) groups excluding carboxylic acids is 1. The standard InChI is InChI=1S/C23H23FN2O2S/c1-2-3-4-5-6-7-13-28-20-10-8-9-18(22(20)24)15-25-23(27)17-11-12-19-21(14-17)29-16-26-19/h8-12,14,16H,4-7,13,15H2,1H3,(H,25,27). The third-order valence-corrected chi connectivity index (χ3v) is 5.25. The van der Waals surface area contributed by atoms with Gasteiger partial charge in [0.25, 0.3) is 5.91 Å². The van der Waals surface area contributed by atoms with E-state index in [1.54, 1.807) is 35.8 Å². The van der Waals surface area contributed by atoms with Gasteiger partial charge in [-0.05, 0) is 50.5 Å². The van der Waals surface area contributed by atoms with E-state index in [0.29, 0.717) is 17.7 Å². The molecule has 4 nitrogen and oxygen atoms in total. The Hall–Kier alpha value is -2.91. The number of benzene rings is 2. The van der Waals surface area contributed by atoms with Crippen molar-refractivity contribution in [1.29, 1.82) is 0 Å². The van der Waals surface area contributed by atoms with Crippen LogP contribution in [0.15, 0.2) is 41.9 Å². The molecule has 0 aliphatic heterocycles. The van der Waals surface area contributed by atoms with Crippen molar-refractivity contribution >= 4 is 27.5 Å². The SMILES string of the molecule is CC#CCCCCCOc1cccc(CNC(=O)c2ccc3ncsc3c2)c1F. The molecule has 3 rings (SSSR count). The molecule has 0 spiro atoms. The van der Waals surface area contributed by atoms with Gasteiger partial charge < -0.3 is 10.1 Å². The summed E-state index contributed by atoms with van der Waals surface area (Å²) in [4.78, 5) is 16.6. The summed E-state index contributed by atoms with van der Waals surface area (Å²) in [6, 6.07) is 10.3. The van der Waals surface area contributed by atoms with Crippen LogP contribution in [0.4, 0.5) is 4.39 Å². The highest BCUT2D eigenvalue weighted by Gasteiger charge is 2.12. The van der Waals surface area contributed by atoms with Gasteiger partial charge in [0.1, 0.15) is 0 Å². The Morgan fingerprint density at radius 1 is 1.24 bits per heavy atom. The zero-order chi connectivity index (χ0) is 20.5. The summed E-state index contributed by atoms with van der Waals surface area (Å²) < 4.78 is 21.2. The molecular formula is C23H23FN2O2S. The molecule has 0 aliphatic rings. The molecule has 0 bridgehead atoms. The predicted octanol–water partition coefficient (Wildman–Crippen LogP) is 5.33. The summed E-state index contributed by atoms with van der Waals surface area (Å²) >= 11 is 1.48. The molecule has 0 fully saturated rings. The highest BCUT2D eigenvalue weighted by atomic mass is 32.1. The third-order valence-electron chi connectivity index (χ3n) is 4.46. The van der Waals surface area contributed by atoms with Crippen LogP contribution < -0.4 is 10.1 Å². The van der Waals surface area contributed by atoms with Gasteiger partial charge in [-0.15, -0.1) is 23.2 Å². The van der Waals surface area contributed by atoms with Crippen LogP contribution in [0.2, 0.25) is 0 Å². The van der Waals surface area contributed by atoms with Gasteiger partial charge in [-0.25, -0.2) is 9.37 Å². The molecule has 0 atom stereocenters. The van der Waals surface area contributed by atoms with Gasteiger partial charge in [0, 0.05) is 24.1 Å². The molecule has 2 aromatic carbocycles. The first-order chi connectivity index (χ1) is 14.2. The van der Waals surface area contributed by atoms with Crippen LogP contribution >= 0.6 is 11.3 Å². The summed E-state index contributed by atoms with van der Waals surface area (Å²) in [7, 11) is 0. The lowest BCUT2D eigenvalue weighted by Crippen LogP contribution is -2.23. The predicted molar refractivity (Wildman–Crippen MR) is 115 cm³/mol. The topological polar surface area (TPSA) is 51.2 Å². The van der Waals surface area contributed by atoms with E-state index in [1.807, 2.05) is 13.0 Å². The second-order valence-corrected chi connectivity index (χ2v) is 7.42. The van der Waals surface area contributed by atoms with Crippen molar-refractivity contribution in [2.45, 2.75) is 39.2 Å². The van der Waals surface area contributed by atoms with Crippen LogP contribution in [-0.2, 0) is 6.54 Å².